The highest BCUT2D eigenvalue weighted by atomic mass is 79.9. The zero-order valence-electron chi connectivity index (χ0n) is 20.9. The molecule has 0 saturated heterocycles. The molecular weight excluding hydrogens is 614 g/mol. The number of hydrogen-bond donors (Lipinski definition) is 0. The maximum atomic E-state index is 15.9. The van der Waals surface area contributed by atoms with E-state index < -0.39 is 29.0 Å². The van der Waals surface area contributed by atoms with Gasteiger partial charge in [-0.05, 0) is 56.2 Å². The SMILES string of the molecule is CCOC(=O)COC1(COC2(c3ccc(Cl)cc3)c3c(F)cc(Br)cc3C(=O)N2Cc2ccc(Cl)cn2)CC1. The lowest BCUT2D eigenvalue weighted by atomic mass is 9.92. The van der Waals surface area contributed by atoms with Gasteiger partial charge in [0.05, 0.1) is 47.2 Å². The number of carbonyl (C=O) groups excluding carboxylic acids is 2. The smallest absolute Gasteiger partial charge is 0.332 e. The standard InChI is InChI=1S/C28H24BrCl2FN2O5/c1-2-37-24(35)15-38-27(9-10-27)16-39-28(17-3-5-19(30)6-4-17)25-22(11-18(29)12-23(25)32)26(36)34(28)14-21-8-7-20(31)13-33-21/h3-8,11-13H,2,9-10,14-16H2,1H3. The van der Waals surface area contributed by atoms with Gasteiger partial charge in [-0.1, -0.05) is 51.3 Å². The van der Waals surface area contributed by atoms with Gasteiger partial charge in [-0.2, -0.15) is 0 Å². The Balaban J connectivity index is 1.60. The Labute approximate surface area is 243 Å². The third kappa shape index (κ3) is 5.56. The Bertz CT molecular complexity index is 1400. The fourth-order valence-corrected chi connectivity index (χ4v) is 5.35. The van der Waals surface area contributed by atoms with Crippen LogP contribution in [0.25, 0.3) is 0 Å². The van der Waals surface area contributed by atoms with Crippen molar-refractivity contribution in [2.45, 2.75) is 37.6 Å². The van der Waals surface area contributed by atoms with Gasteiger partial charge in [0.25, 0.3) is 5.91 Å². The van der Waals surface area contributed by atoms with E-state index in [2.05, 4.69) is 20.9 Å². The van der Waals surface area contributed by atoms with Gasteiger partial charge in [0.15, 0.2) is 5.72 Å². The largest absolute Gasteiger partial charge is 0.464 e. The molecule has 0 spiro atoms. The van der Waals surface area contributed by atoms with Crippen LogP contribution in [0.1, 0.15) is 46.9 Å². The van der Waals surface area contributed by atoms with Crippen LogP contribution in [0.4, 0.5) is 4.39 Å². The molecule has 3 aromatic rings. The molecule has 1 aliphatic heterocycles. The quantitative estimate of drug-likeness (QED) is 0.244. The van der Waals surface area contributed by atoms with Crippen molar-refractivity contribution in [1.29, 1.82) is 0 Å². The Kier molecular flexibility index (Phi) is 7.99. The van der Waals surface area contributed by atoms with Gasteiger partial charge >= 0.3 is 5.97 Å². The van der Waals surface area contributed by atoms with Gasteiger partial charge in [0.2, 0.25) is 0 Å². The zero-order chi connectivity index (χ0) is 27.8. The van der Waals surface area contributed by atoms with Crippen LogP contribution in [0.5, 0.6) is 0 Å². The molecule has 1 unspecified atom stereocenters. The fraction of sp³-hybridized carbons (Fsp3) is 0.321. The van der Waals surface area contributed by atoms with Crippen LogP contribution in [-0.4, -0.2) is 47.2 Å². The van der Waals surface area contributed by atoms with Crippen molar-refractivity contribution < 1.29 is 28.2 Å². The minimum atomic E-state index is -1.67. The molecule has 204 valence electrons. The molecule has 1 aliphatic carbocycles. The number of hydrogen-bond acceptors (Lipinski definition) is 6. The Hall–Kier alpha value is -2.56. The molecule has 1 saturated carbocycles. The van der Waals surface area contributed by atoms with Crippen molar-refractivity contribution in [2.75, 3.05) is 19.8 Å². The first-order valence-corrected chi connectivity index (χ1v) is 13.8. The predicted molar refractivity (Wildman–Crippen MR) is 146 cm³/mol. The summed E-state index contributed by atoms with van der Waals surface area (Å²) in [5, 5.41) is 0.913. The lowest BCUT2D eigenvalue weighted by Crippen LogP contribution is -2.48. The number of aromatic nitrogens is 1. The third-order valence-electron chi connectivity index (χ3n) is 6.75. The predicted octanol–water partition coefficient (Wildman–Crippen LogP) is 6.28. The number of pyridine rings is 1. The number of rotatable bonds is 10. The summed E-state index contributed by atoms with van der Waals surface area (Å²) in [5.41, 5.74) is -1.19. The molecule has 5 rings (SSSR count). The molecule has 1 aromatic heterocycles. The van der Waals surface area contributed by atoms with Crippen LogP contribution in [0.15, 0.2) is 59.2 Å². The number of ether oxygens (including phenoxy) is 3. The van der Waals surface area contributed by atoms with Gasteiger partial charge in [-0.25, -0.2) is 9.18 Å². The summed E-state index contributed by atoms with van der Waals surface area (Å²) in [7, 11) is 0. The van der Waals surface area contributed by atoms with Gasteiger partial charge in [0.1, 0.15) is 12.4 Å². The van der Waals surface area contributed by atoms with Crippen LogP contribution < -0.4 is 0 Å². The summed E-state index contributed by atoms with van der Waals surface area (Å²) < 4.78 is 33.8. The maximum absolute atomic E-state index is 15.9. The lowest BCUT2D eigenvalue weighted by molar-refractivity contribution is -0.165. The lowest BCUT2D eigenvalue weighted by Gasteiger charge is -2.40. The van der Waals surface area contributed by atoms with E-state index in [1.165, 1.54) is 17.2 Å². The third-order valence-corrected chi connectivity index (χ3v) is 7.68. The van der Waals surface area contributed by atoms with Gasteiger partial charge in [0, 0.05) is 21.3 Å². The second kappa shape index (κ2) is 11.1. The maximum Gasteiger partial charge on any atom is 0.332 e. The highest BCUT2D eigenvalue weighted by molar-refractivity contribution is 9.10. The Morgan fingerprint density at radius 1 is 1.10 bits per heavy atom. The average Bonchev–Trinajstić information content (AvgIpc) is 3.64. The van der Waals surface area contributed by atoms with E-state index in [0.29, 0.717) is 38.6 Å². The minimum absolute atomic E-state index is 0.00104. The van der Waals surface area contributed by atoms with Crippen LogP contribution >= 0.6 is 39.1 Å². The van der Waals surface area contributed by atoms with Crippen LogP contribution in [0.2, 0.25) is 10.0 Å². The van der Waals surface area contributed by atoms with E-state index in [9.17, 15) is 9.59 Å². The summed E-state index contributed by atoms with van der Waals surface area (Å²) in [5.74, 6) is -1.54. The van der Waals surface area contributed by atoms with Crippen LogP contribution in [-0.2, 0) is 31.3 Å². The van der Waals surface area contributed by atoms with Crippen molar-refractivity contribution in [1.82, 2.24) is 9.88 Å². The first kappa shape index (κ1) is 28.0. The van der Waals surface area contributed by atoms with E-state index >= 15 is 4.39 Å². The summed E-state index contributed by atoms with van der Waals surface area (Å²) in [6.45, 7) is 1.71. The number of halogens is 4. The molecule has 7 nitrogen and oxygen atoms in total. The molecule has 2 aromatic carbocycles. The molecule has 39 heavy (non-hydrogen) atoms. The monoisotopic (exact) mass is 636 g/mol. The van der Waals surface area contributed by atoms with Crippen molar-refractivity contribution >= 4 is 51.0 Å². The second-order valence-electron chi connectivity index (χ2n) is 9.39. The molecule has 0 bridgehead atoms. The molecule has 11 heteroatoms. The summed E-state index contributed by atoms with van der Waals surface area (Å²) >= 11 is 15.5. The number of esters is 1. The summed E-state index contributed by atoms with van der Waals surface area (Å²) in [4.78, 5) is 31.7. The van der Waals surface area contributed by atoms with Gasteiger partial charge in [-0.15, -0.1) is 0 Å². The van der Waals surface area contributed by atoms with Crippen molar-refractivity contribution in [3.63, 3.8) is 0 Å². The summed E-state index contributed by atoms with van der Waals surface area (Å²) in [6.07, 6.45) is 2.74. The van der Waals surface area contributed by atoms with Crippen molar-refractivity contribution in [3.05, 3.63) is 97.4 Å². The minimum Gasteiger partial charge on any atom is -0.464 e. The van der Waals surface area contributed by atoms with E-state index in [4.69, 9.17) is 37.4 Å². The Morgan fingerprint density at radius 2 is 1.82 bits per heavy atom. The normalized spacial score (nSPS) is 19.2. The molecule has 1 atom stereocenters. The van der Waals surface area contributed by atoms with Gasteiger partial charge < -0.3 is 14.2 Å². The molecule has 2 aliphatic rings. The first-order valence-electron chi connectivity index (χ1n) is 12.3. The number of benzene rings is 2. The van der Waals surface area contributed by atoms with Gasteiger partial charge in [-0.3, -0.25) is 14.7 Å². The van der Waals surface area contributed by atoms with E-state index in [-0.39, 0.29) is 37.5 Å². The number of nitrogens with zero attached hydrogens (tertiary/aromatic N) is 2. The average molecular weight is 638 g/mol. The number of carbonyl (C=O) groups is 2. The topological polar surface area (TPSA) is 78.0 Å². The number of amides is 1. The fourth-order valence-electron chi connectivity index (χ4n) is 4.68. The van der Waals surface area contributed by atoms with E-state index in [1.54, 1.807) is 49.4 Å². The second-order valence-corrected chi connectivity index (χ2v) is 11.2. The van der Waals surface area contributed by atoms with Crippen LogP contribution in [0.3, 0.4) is 0 Å². The molecular formula is C28H24BrCl2FN2O5. The molecule has 0 radical (unpaired) electrons. The highest BCUT2D eigenvalue weighted by Crippen LogP contribution is 2.50. The number of fused-ring (bicyclic) bond motifs is 1. The van der Waals surface area contributed by atoms with Crippen molar-refractivity contribution in [3.8, 4) is 0 Å². The van der Waals surface area contributed by atoms with E-state index in [1.807, 2.05) is 0 Å². The zero-order valence-corrected chi connectivity index (χ0v) is 24.0. The molecule has 0 N–H and O–H groups in total. The van der Waals surface area contributed by atoms with Crippen molar-refractivity contribution in [2.24, 2.45) is 0 Å². The van der Waals surface area contributed by atoms with Crippen LogP contribution in [0, 0.1) is 5.82 Å². The van der Waals surface area contributed by atoms with E-state index in [0.717, 1.165) is 0 Å². The molecule has 1 amide bonds. The first-order chi connectivity index (χ1) is 18.7. The highest BCUT2D eigenvalue weighted by Gasteiger charge is 2.57. The Morgan fingerprint density at radius 3 is 2.46 bits per heavy atom. The summed E-state index contributed by atoms with van der Waals surface area (Å²) in [6, 6.07) is 13.0. The molecule has 1 fully saturated rings. The molecule has 2 heterocycles.